The Morgan fingerprint density at radius 2 is 1.20 bits per heavy atom. The molecular weight excluding hydrogens is 639 g/mol. The third kappa shape index (κ3) is 4.40. The number of aryl methyl sites for hydroxylation is 2. The highest BCUT2D eigenvalue weighted by Gasteiger charge is 2.41. The van der Waals surface area contributed by atoms with Crippen molar-refractivity contribution < 1.29 is 4.74 Å². The van der Waals surface area contributed by atoms with E-state index in [-0.39, 0.29) is 12.1 Å². The third-order valence-electron chi connectivity index (χ3n) is 12.2. The molecule has 0 bridgehead atoms. The Balaban J connectivity index is 1.13. The average molecular weight is 681 g/mol. The number of hydrogen-bond donors (Lipinski definition) is 0. The first kappa shape index (κ1) is 30.1. The van der Waals surface area contributed by atoms with E-state index in [1.807, 2.05) is 11.8 Å². The molecule has 51 heavy (non-hydrogen) atoms. The fraction of sp³-hybridized carbons (Fsp3) is 0.261. The lowest BCUT2D eigenvalue weighted by molar-refractivity contribution is 0.481. The summed E-state index contributed by atoms with van der Waals surface area (Å²) in [6.07, 6.45) is 9.64. The monoisotopic (exact) mass is 680 g/mol. The molecular formula is C46H41BN2OS. The molecule has 5 aromatic carbocycles. The molecule has 0 spiro atoms. The fourth-order valence-corrected chi connectivity index (χ4v) is 10.9. The van der Waals surface area contributed by atoms with Crippen molar-refractivity contribution in [1.82, 2.24) is 9.13 Å². The minimum Gasteiger partial charge on any atom is -0.458 e. The second kappa shape index (κ2) is 10.9. The van der Waals surface area contributed by atoms with Crippen LogP contribution in [0, 0.1) is 0 Å². The van der Waals surface area contributed by atoms with Crippen LogP contribution in [0.25, 0.3) is 33.2 Å². The fourth-order valence-electron chi connectivity index (χ4n) is 9.77. The molecule has 11 rings (SSSR count). The van der Waals surface area contributed by atoms with Gasteiger partial charge in [-0.1, -0.05) is 80.5 Å². The summed E-state index contributed by atoms with van der Waals surface area (Å²) in [5, 5.41) is 2.83. The van der Waals surface area contributed by atoms with E-state index in [0.717, 1.165) is 30.8 Å². The molecule has 2 aromatic heterocycles. The van der Waals surface area contributed by atoms with Gasteiger partial charge in [-0.15, -0.1) is 0 Å². The predicted octanol–water partition coefficient (Wildman–Crippen LogP) is 9.72. The van der Waals surface area contributed by atoms with Crippen molar-refractivity contribution in [3.63, 3.8) is 0 Å². The molecule has 0 saturated heterocycles. The number of aromatic nitrogens is 2. The number of para-hydroxylation sites is 2. The van der Waals surface area contributed by atoms with Crippen LogP contribution in [-0.4, -0.2) is 15.8 Å². The van der Waals surface area contributed by atoms with E-state index in [1.54, 1.807) is 5.56 Å². The van der Waals surface area contributed by atoms with Crippen molar-refractivity contribution >= 4 is 56.7 Å². The van der Waals surface area contributed by atoms with Gasteiger partial charge in [-0.3, -0.25) is 0 Å². The highest BCUT2D eigenvalue weighted by Crippen LogP contribution is 2.42. The number of fused-ring (bicyclic) bond motifs is 10. The third-order valence-corrected chi connectivity index (χ3v) is 13.3. The first-order valence-corrected chi connectivity index (χ1v) is 19.8. The van der Waals surface area contributed by atoms with E-state index in [9.17, 15) is 0 Å². The molecule has 0 amide bonds. The van der Waals surface area contributed by atoms with Crippen molar-refractivity contribution in [2.24, 2.45) is 0 Å². The maximum atomic E-state index is 7.07. The van der Waals surface area contributed by atoms with E-state index in [0.29, 0.717) is 0 Å². The molecule has 0 fully saturated rings. The smallest absolute Gasteiger partial charge is 0.253 e. The van der Waals surface area contributed by atoms with Gasteiger partial charge in [-0.25, -0.2) is 0 Å². The van der Waals surface area contributed by atoms with Gasteiger partial charge < -0.3 is 13.9 Å². The minimum atomic E-state index is 0.00883. The molecule has 0 saturated carbocycles. The number of nitrogens with zero attached hydrogens (tertiary/aromatic N) is 2. The van der Waals surface area contributed by atoms with Crippen LogP contribution in [0.3, 0.4) is 0 Å². The van der Waals surface area contributed by atoms with Gasteiger partial charge in [0.15, 0.2) is 0 Å². The van der Waals surface area contributed by atoms with Gasteiger partial charge in [0, 0.05) is 49.4 Å². The molecule has 0 atom stereocenters. The molecule has 7 aromatic rings. The quantitative estimate of drug-likeness (QED) is 0.169. The summed E-state index contributed by atoms with van der Waals surface area (Å²) in [5.41, 5.74) is 16.5. The molecule has 4 heterocycles. The van der Waals surface area contributed by atoms with Gasteiger partial charge in [0.2, 0.25) is 0 Å². The van der Waals surface area contributed by atoms with Crippen LogP contribution in [0.15, 0.2) is 107 Å². The SMILES string of the molecule is CC(C)(C)c1cc2c3c(c1)Sc1ccc(-n4c5c(c6ccccc64)CCCC5)cc1B3c1ccc(-n3c4c(c5ccccc53)CCCC4)cc1O2. The molecule has 2 aliphatic carbocycles. The zero-order valence-corrected chi connectivity index (χ0v) is 30.5. The van der Waals surface area contributed by atoms with E-state index in [4.69, 9.17) is 4.74 Å². The van der Waals surface area contributed by atoms with Gasteiger partial charge >= 0.3 is 0 Å². The summed E-state index contributed by atoms with van der Waals surface area (Å²) >= 11 is 1.92. The van der Waals surface area contributed by atoms with Crippen LogP contribution < -0.4 is 21.1 Å². The van der Waals surface area contributed by atoms with Crippen LogP contribution in [0.2, 0.25) is 0 Å². The van der Waals surface area contributed by atoms with Gasteiger partial charge in [0.05, 0.1) is 11.0 Å². The summed E-state index contributed by atoms with van der Waals surface area (Å²) in [4.78, 5) is 2.67. The van der Waals surface area contributed by atoms with Gasteiger partial charge in [-0.05, 0) is 133 Å². The maximum Gasteiger partial charge on any atom is 0.253 e. The Morgan fingerprint density at radius 3 is 1.86 bits per heavy atom. The maximum absolute atomic E-state index is 7.07. The van der Waals surface area contributed by atoms with Crippen LogP contribution in [0.4, 0.5) is 0 Å². The van der Waals surface area contributed by atoms with Crippen LogP contribution >= 0.6 is 11.8 Å². The Bertz CT molecular complexity index is 2600. The molecule has 5 heteroatoms. The van der Waals surface area contributed by atoms with E-state index in [2.05, 4.69) is 127 Å². The summed E-state index contributed by atoms with van der Waals surface area (Å²) < 4.78 is 12.2. The van der Waals surface area contributed by atoms with Crippen molar-refractivity contribution in [3.05, 3.63) is 125 Å². The predicted molar refractivity (Wildman–Crippen MR) is 214 cm³/mol. The average Bonchev–Trinajstić information content (AvgIpc) is 3.67. The van der Waals surface area contributed by atoms with E-state index >= 15 is 0 Å². The highest BCUT2D eigenvalue weighted by atomic mass is 32.2. The summed E-state index contributed by atoms with van der Waals surface area (Å²) in [6, 6.07) is 37.2. The molecule has 0 radical (unpaired) electrons. The number of rotatable bonds is 2. The topological polar surface area (TPSA) is 19.1 Å². The Morgan fingerprint density at radius 1 is 0.588 bits per heavy atom. The lowest BCUT2D eigenvalue weighted by atomic mass is 9.35. The number of ether oxygens (including phenoxy) is 1. The van der Waals surface area contributed by atoms with E-state index < -0.39 is 0 Å². The molecule has 4 aliphatic rings. The van der Waals surface area contributed by atoms with Crippen molar-refractivity contribution in [2.45, 2.75) is 87.3 Å². The molecule has 0 N–H and O–H groups in total. The molecule has 3 nitrogen and oxygen atoms in total. The number of hydrogen-bond acceptors (Lipinski definition) is 2. The first-order valence-electron chi connectivity index (χ1n) is 19.0. The second-order valence-electron chi connectivity index (χ2n) is 16.2. The zero-order valence-electron chi connectivity index (χ0n) is 29.7. The van der Waals surface area contributed by atoms with Gasteiger partial charge in [0.25, 0.3) is 6.71 Å². The highest BCUT2D eigenvalue weighted by molar-refractivity contribution is 8.00. The van der Waals surface area contributed by atoms with Crippen molar-refractivity contribution in [2.75, 3.05) is 0 Å². The van der Waals surface area contributed by atoms with E-state index in [1.165, 1.54) is 114 Å². The second-order valence-corrected chi connectivity index (χ2v) is 17.3. The Kier molecular flexibility index (Phi) is 6.45. The Labute approximate surface area is 304 Å². The summed E-state index contributed by atoms with van der Waals surface area (Å²) in [5.74, 6) is 2.00. The zero-order chi connectivity index (χ0) is 34.0. The molecule has 2 aliphatic heterocycles. The molecule has 250 valence electrons. The Hall–Kier alpha value is -4.61. The normalized spacial score (nSPS) is 15.9. The standard InChI is InChI=1S/C46H41BN2OS/c1-46(2,3)28-24-42-45-44(25-28)51-43-23-21-29(48-37-16-8-4-12-31(37)32-13-5-9-17-38(32)48)26-36(43)47(45)35-22-20-30(27-41(35)50-42)49-39-18-10-6-14-33(39)34-15-7-11-19-40(34)49/h4,6,8,10,12,14,16,18,20-27H,5,7,9,11,13,15,17,19H2,1-3H3. The summed E-state index contributed by atoms with van der Waals surface area (Å²) in [7, 11) is 0. The largest absolute Gasteiger partial charge is 0.458 e. The van der Waals surface area contributed by atoms with Crippen molar-refractivity contribution in [1.29, 1.82) is 0 Å². The first-order chi connectivity index (χ1) is 24.9. The molecule has 0 unspecified atom stereocenters. The lowest BCUT2D eigenvalue weighted by Gasteiger charge is -2.35. The summed E-state index contributed by atoms with van der Waals surface area (Å²) in [6.45, 7) is 7.03. The lowest BCUT2D eigenvalue weighted by Crippen LogP contribution is -2.58. The van der Waals surface area contributed by atoms with Crippen LogP contribution in [-0.2, 0) is 31.1 Å². The minimum absolute atomic E-state index is 0.00883. The number of benzene rings is 5. The van der Waals surface area contributed by atoms with Crippen LogP contribution in [0.1, 0.15) is 74.5 Å². The van der Waals surface area contributed by atoms with Gasteiger partial charge in [-0.2, -0.15) is 0 Å². The van der Waals surface area contributed by atoms with Gasteiger partial charge in [0.1, 0.15) is 11.5 Å². The van der Waals surface area contributed by atoms with Crippen molar-refractivity contribution in [3.8, 4) is 22.9 Å². The van der Waals surface area contributed by atoms with Crippen LogP contribution in [0.5, 0.6) is 11.5 Å².